The molecule has 0 unspecified atom stereocenters. The molecule has 0 saturated carbocycles. The molecule has 23 heavy (non-hydrogen) atoms. The van der Waals surface area contributed by atoms with E-state index in [-0.39, 0.29) is 10.8 Å². The lowest BCUT2D eigenvalue weighted by atomic mass is 10.2. The normalized spacial score (nSPS) is 11.2. The van der Waals surface area contributed by atoms with Gasteiger partial charge in [-0.3, -0.25) is 4.79 Å². The molecule has 3 nitrogen and oxygen atoms in total. The van der Waals surface area contributed by atoms with Crippen LogP contribution in [0.4, 0.5) is 18.9 Å². The van der Waals surface area contributed by atoms with Gasteiger partial charge in [-0.1, -0.05) is 29.3 Å². The highest BCUT2D eigenvalue weighted by atomic mass is 35.5. The second-order valence-corrected chi connectivity index (χ2v) is 5.33. The minimum atomic E-state index is -4.47. The smallest absolute Gasteiger partial charge is 0.416 e. The number of ether oxygens (including phenoxy) is 1. The van der Waals surface area contributed by atoms with Crippen LogP contribution in [0.15, 0.2) is 42.5 Å². The van der Waals surface area contributed by atoms with Crippen molar-refractivity contribution in [2.24, 2.45) is 0 Å². The van der Waals surface area contributed by atoms with Crippen LogP contribution < -0.4 is 10.1 Å². The van der Waals surface area contributed by atoms with Gasteiger partial charge >= 0.3 is 6.18 Å². The molecule has 0 bridgehead atoms. The van der Waals surface area contributed by atoms with Crippen LogP contribution in [0.1, 0.15) is 5.56 Å². The zero-order chi connectivity index (χ0) is 17.0. The van der Waals surface area contributed by atoms with Crippen LogP contribution in [0.5, 0.6) is 5.75 Å². The van der Waals surface area contributed by atoms with Crippen molar-refractivity contribution < 1.29 is 22.7 Å². The van der Waals surface area contributed by atoms with E-state index in [1.165, 1.54) is 30.3 Å². The Hall–Kier alpha value is -1.92. The average molecular weight is 364 g/mol. The fraction of sp³-hybridized carbons (Fsp3) is 0.133. The summed E-state index contributed by atoms with van der Waals surface area (Å²) in [4.78, 5) is 11.8. The Morgan fingerprint density at radius 2 is 1.87 bits per heavy atom. The van der Waals surface area contributed by atoms with E-state index in [4.69, 9.17) is 27.9 Å². The number of rotatable bonds is 4. The Labute approximate surface area is 140 Å². The number of amides is 1. The molecule has 0 aliphatic carbocycles. The SMILES string of the molecule is O=C(COc1cccc(C(F)(F)F)c1)Nc1ccc(Cl)cc1Cl. The first-order valence-corrected chi connectivity index (χ1v) is 7.06. The minimum absolute atomic E-state index is 0.0582. The fourth-order valence-corrected chi connectivity index (χ4v) is 2.14. The van der Waals surface area contributed by atoms with Crippen LogP contribution in [0.2, 0.25) is 10.0 Å². The summed E-state index contributed by atoms with van der Waals surface area (Å²) >= 11 is 11.6. The van der Waals surface area contributed by atoms with Crippen LogP contribution in [0.3, 0.4) is 0 Å². The van der Waals surface area contributed by atoms with E-state index in [1.807, 2.05) is 0 Å². The van der Waals surface area contributed by atoms with Crippen LogP contribution >= 0.6 is 23.2 Å². The van der Waals surface area contributed by atoms with Gasteiger partial charge in [-0.15, -0.1) is 0 Å². The maximum Gasteiger partial charge on any atom is 0.416 e. The minimum Gasteiger partial charge on any atom is -0.484 e. The van der Waals surface area contributed by atoms with Crippen molar-refractivity contribution in [3.8, 4) is 5.75 Å². The first kappa shape index (κ1) is 17.4. The molecule has 0 aliphatic heterocycles. The number of carbonyl (C=O) groups is 1. The number of nitrogens with one attached hydrogen (secondary N) is 1. The van der Waals surface area contributed by atoms with E-state index in [1.54, 1.807) is 0 Å². The van der Waals surface area contributed by atoms with E-state index in [9.17, 15) is 18.0 Å². The Kier molecular flexibility index (Phi) is 5.38. The van der Waals surface area contributed by atoms with Gasteiger partial charge in [0.25, 0.3) is 5.91 Å². The standard InChI is InChI=1S/C15H10Cl2F3NO2/c16-10-4-5-13(12(17)7-10)21-14(22)8-23-11-3-1-2-9(6-11)15(18,19)20/h1-7H,8H2,(H,21,22). The van der Waals surface area contributed by atoms with Crippen molar-refractivity contribution in [3.63, 3.8) is 0 Å². The third kappa shape index (κ3) is 5.04. The molecule has 1 N–H and O–H groups in total. The number of halogens is 5. The number of benzene rings is 2. The molecule has 0 aromatic heterocycles. The van der Waals surface area contributed by atoms with Crippen molar-refractivity contribution in [3.05, 3.63) is 58.1 Å². The van der Waals surface area contributed by atoms with Crippen molar-refractivity contribution in [1.82, 2.24) is 0 Å². The third-order valence-corrected chi connectivity index (χ3v) is 3.28. The zero-order valence-electron chi connectivity index (χ0n) is 11.5. The monoisotopic (exact) mass is 363 g/mol. The zero-order valence-corrected chi connectivity index (χ0v) is 13.0. The Morgan fingerprint density at radius 1 is 1.13 bits per heavy atom. The lowest BCUT2D eigenvalue weighted by Crippen LogP contribution is -2.20. The summed E-state index contributed by atoms with van der Waals surface area (Å²) in [6.07, 6.45) is -4.47. The molecule has 0 spiro atoms. The van der Waals surface area contributed by atoms with Gasteiger partial charge in [0.2, 0.25) is 0 Å². The topological polar surface area (TPSA) is 38.3 Å². The van der Waals surface area contributed by atoms with E-state index < -0.39 is 24.3 Å². The quantitative estimate of drug-likeness (QED) is 0.827. The van der Waals surface area contributed by atoms with E-state index in [0.717, 1.165) is 12.1 Å². The van der Waals surface area contributed by atoms with E-state index in [0.29, 0.717) is 10.7 Å². The highest BCUT2D eigenvalue weighted by Crippen LogP contribution is 2.31. The van der Waals surface area contributed by atoms with Gasteiger partial charge in [-0.05, 0) is 36.4 Å². The Morgan fingerprint density at radius 3 is 2.52 bits per heavy atom. The summed E-state index contributed by atoms with van der Waals surface area (Å²) in [5.41, 5.74) is -0.523. The Bertz CT molecular complexity index is 720. The lowest BCUT2D eigenvalue weighted by molar-refractivity contribution is -0.137. The van der Waals surface area contributed by atoms with Crippen LogP contribution in [-0.4, -0.2) is 12.5 Å². The summed E-state index contributed by atoms with van der Waals surface area (Å²) in [5.74, 6) is -0.621. The number of carbonyl (C=O) groups excluding carboxylic acids is 1. The Balaban J connectivity index is 1.97. The molecule has 2 rings (SSSR count). The predicted molar refractivity (Wildman–Crippen MR) is 82.0 cm³/mol. The first-order chi connectivity index (χ1) is 10.8. The highest BCUT2D eigenvalue weighted by Gasteiger charge is 2.30. The van der Waals surface area contributed by atoms with Crippen LogP contribution in [0, 0.1) is 0 Å². The number of hydrogen-bond acceptors (Lipinski definition) is 2. The van der Waals surface area contributed by atoms with Crippen LogP contribution in [0.25, 0.3) is 0 Å². The molecule has 2 aromatic carbocycles. The summed E-state index contributed by atoms with van der Waals surface area (Å²) < 4.78 is 42.8. The molecule has 0 radical (unpaired) electrons. The maximum atomic E-state index is 12.6. The molecule has 122 valence electrons. The molecule has 0 saturated heterocycles. The van der Waals surface area contributed by atoms with Crippen molar-refractivity contribution in [2.45, 2.75) is 6.18 Å². The van der Waals surface area contributed by atoms with Gasteiger partial charge in [0.1, 0.15) is 5.75 Å². The van der Waals surface area contributed by atoms with Gasteiger partial charge in [0.15, 0.2) is 6.61 Å². The lowest BCUT2D eigenvalue weighted by Gasteiger charge is -2.11. The van der Waals surface area contributed by atoms with Crippen molar-refractivity contribution >= 4 is 34.8 Å². The third-order valence-electron chi connectivity index (χ3n) is 2.74. The number of alkyl halides is 3. The number of anilines is 1. The van der Waals surface area contributed by atoms with Gasteiger partial charge in [0.05, 0.1) is 16.3 Å². The molecule has 2 aromatic rings. The summed E-state index contributed by atoms with van der Waals surface area (Å²) in [6.45, 7) is -0.458. The fourth-order valence-electron chi connectivity index (χ4n) is 1.69. The molecule has 8 heteroatoms. The maximum absolute atomic E-state index is 12.6. The van der Waals surface area contributed by atoms with E-state index in [2.05, 4.69) is 5.32 Å². The molecule has 0 heterocycles. The molecular formula is C15H10Cl2F3NO2. The van der Waals surface area contributed by atoms with Gasteiger partial charge in [0, 0.05) is 5.02 Å². The van der Waals surface area contributed by atoms with Gasteiger partial charge < -0.3 is 10.1 Å². The van der Waals surface area contributed by atoms with Gasteiger partial charge in [-0.25, -0.2) is 0 Å². The van der Waals surface area contributed by atoms with Crippen molar-refractivity contribution in [1.29, 1.82) is 0 Å². The molecule has 0 fully saturated rings. The second kappa shape index (κ2) is 7.10. The van der Waals surface area contributed by atoms with Crippen molar-refractivity contribution in [2.75, 3.05) is 11.9 Å². The summed E-state index contributed by atoms with van der Waals surface area (Å²) in [7, 11) is 0. The van der Waals surface area contributed by atoms with Crippen LogP contribution in [-0.2, 0) is 11.0 Å². The first-order valence-electron chi connectivity index (χ1n) is 6.30. The molecular weight excluding hydrogens is 354 g/mol. The highest BCUT2D eigenvalue weighted by molar-refractivity contribution is 6.36. The molecule has 0 aliphatic rings. The van der Waals surface area contributed by atoms with E-state index >= 15 is 0 Å². The largest absolute Gasteiger partial charge is 0.484 e. The second-order valence-electron chi connectivity index (χ2n) is 4.49. The van der Waals surface area contributed by atoms with Gasteiger partial charge in [-0.2, -0.15) is 13.2 Å². The molecule has 0 atom stereocenters. The summed E-state index contributed by atoms with van der Waals surface area (Å²) in [6, 6.07) is 8.77. The predicted octanol–water partition coefficient (Wildman–Crippen LogP) is 5.03. The molecule has 1 amide bonds. The number of hydrogen-bond donors (Lipinski definition) is 1. The summed E-state index contributed by atoms with van der Waals surface area (Å²) in [5, 5.41) is 3.13. The average Bonchev–Trinajstić information content (AvgIpc) is 2.47.